The standard InChI is InChI=1S/C20H24N2O4S/c1-5-14-26-18-10-6-16(7-11-18)15-22(4)20(23)17-8-12-19(13-9-17)27(24,25)21(2)3/h5-13H,1,14-15H2,2-4H3. The third kappa shape index (κ3) is 5.18. The lowest BCUT2D eigenvalue weighted by atomic mass is 10.1. The number of rotatable bonds is 8. The zero-order chi connectivity index (χ0) is 20.0. The van der Waals surface area contributed by atoms with E-state index in [1.54, 1.807) is 18.0 Å². The lowest BCUT2D eigenvalue weighted by molar-refractivity contribution is 0.0785. The SMILES string of the molecule is C=CCOc1ccc(CN(C)C(=O)c2ccc(S(=O)(=O)N(C)C)cc2)cc1. The average molecular weight is 388 g/mol. The minimum Gasteiger partial charge on any atom is -0.490 e. The molecule has 1 amide bonds. The van der Waals surface area contributed by atoms with Gasteiger partial charge in [-0.1, -0.05) is 24.8 Å². The molecule has 0 aromatic heterocycles. The molecule has 0 heterocycles. The average Bonchev–Trinajstić information content (AvgIpc) is 2.66. The largest absolute Gasteiger partial charge is 0.490 e. The smallest absolute Gasteiger partial charge is 0.253 e. The molecule has 0 aliphatic heterocycles. The minimum absolute atomic E-state index is 0.154. The second-order valence-electron chi connectivity index (χ2n) is 6.22. The molecular formula is C20H24N2O4S. The fourth-order valence-corrected chi connectivity index (χ4v) is 3.29. The summed E-state index contributed by atoms with van der Waals surface area (Å²) in [6.45, 7) is 4.47. The van der Waals surface area contributed by atoms with Gasteiger partial charge in [0.15, 0.2) is 0 Å². The summed E-state index contributed by atoms with van der Waals surface area (Å²) >= 11 is 0. The van der Waals surface area contributed by atoms with Gasteiger partial charge in [-0.3, -0.25) is 4.79 Å². The summed E-state index contributed by atoms with van der Waals surface area (Å²) in [5.41, 5.74) is 1.39. The van der Waals surface area contributed by atoms with Crippen LogP contribution in [0.3, 0.4) is 0 Å². The number of benzene rings is 2. The van der Waals surface area contributed by atoms with E-state index >= 15 is 0 Å². The van der Waals surface area contributed by atoms with Gasteiger partial charge in [-0.2, -0.15) is 0 Å². The van der Waals surface area contributed by atoms with Gasteiger partial charge in [-0.15, -0.1) is 0 Å². The van der Waals surface area contributed by atoms with Crippen LogP contribution < -0.4 is 4.74 Å². The molecule has 2 rings (SSSR count). The summed E-state index contributed by atoms with van der Waals surface area (Å²) in [6.07, 6.45) is 1.68. The first-order valence-electron chi connectivity index (χ1n) is 8.36. The first-order valence-corrected chi connectivity index (χ1v) is 9.80. The maximum absolute atomic E-state index is 12.6. The van der Waals surface area contributed by atoms with Crippen LogP contribution in [0.1, 0.15) is 15.9 Å². The summed E-state index contributed by atoms with van der Waals surface area (Å²) in [7, 11) is 1.13. The third-order valence-electron chi connectivity index (χ3n) is 3.94. The molecule has 7 heteroatoms. The van der Waals surface area contributed by atoms with E-state index in [0.717, 1.165) is 15.6 Å². The van der Waals surface area contributed by atoms with Crippen molar-refractivity contribution in [3.05, 3.63) is 72.3 Å². The Morgan fingerprint density at radius 1 is 1.04 bits per heavy atom. The maximum Gasteiger partial charge on any atom is 0.253 e. The quantitative estimate of drug-likeness (QED) is 0.652. The molecule has 0 saturated carbocycles. The molecule has 0 aliphatic carbocycles. The van der Waals surface area contributed by atoms with E-state index in [-0.39, 0.29) is 10.8 Å². The van der Waals surface area contributed by atoms with Crippen LogP contribution in [0.15, 0.2) is 66.1 Å². The van der Waals surface area contributed by atoms with Crippen molar-refractivity contribution in [3.8, 4) is 5.75 Å². The second-order valence-corrected chi connectivity index (χ2v) is 8.37. The fraction of sp³-hybridized carbons (Fsp3) is 0.250. The van der Waals surface area contributed by atoms with Crippen molar-refractivity contribution in [2.75, 3.05) is 27.7 Å². The predicted molar refractivity (Wildman–Crippen MR) is 105 cm³/mol. The number of sulfonamides is 1. The van der Waals surface area contributed by atoms with Crippen molar-refractivity contribution in [1.82, 2.24) is 9.21 Å². The van der Waals surface area contributed by atoms with Crippen LogP contribution in [0, 0.1) is 0 Å². The van der Waals surface area contributed by atoms with Crippen molar-refractivity contribution in [2.24, 2.45) is 0 Å². The van der Waals surface area contributed by atoms with Gasteiger partial charge in [0.2, 0.25) is 10.0 Å². The Hall–Kier alpha value is -2.64. The van der Waals surface area contributed by atoms with Gasteiger partial charge in [0.1, 0.15) is 12.4 Å². The minimum atomic E-state index is -3.51. The molecule has 27 heavy (non-hydrogen) atoms. The first-order chi connectivity index (χ1) is 12.8. The van der Waals surface area contributed by atoms with E-state index in [2.05, 4.69) is 6.58 Å². The normalized spacial score (nSPS) is 11.3. The first kappa shape index (κ1) is 20.7. The van der Waals surface area contributed by atoms with Crippen molar-refractivity contribution >= 4 is 15.9 Å². The van der Waals surface area contributed by atoms with Crippen LogP contribution in [0.25, 0.3) is 0 Å². The molecule has 2 aromatic rings. The monoisotopic (exact) mass is 388 g/mol. The van der Waals surface area contributed by atoms with Gasteiger partial charge in [0.05, 0.1) is 4.90 Å². The molecule has 0 aliphatic rings. The highest BCUT2D eigenvalue weighted by Gasteiger charge is 2.18. The topological polar surface area (TPSA) is 66.9 Å². The second kappa shape index (κ2) is 8.83. The Morgan fingerprint density at radius 2 is 1.63 bits per heavy atom. The lowest BCUT2D eigenvalue weighted by Gasteiger charge is -2.18. The Labute approximate surface area is 160 Å². The Kier molecular flexibility index (Phi) is 6.76. The fourth-order valence-electron chi connectivity index (χ4n) is 2.39. The van der Waals surface area contributed by atoms with Gasteiger partial charge < -0.3 is 9.64 Å². The van der Waals surface area contributed by atoms with E-state index in [1.807, 2.05) is 24.3 Å². The summed E-state index contributed by atoms with van der Waals surface area (Å²) in [6, 6.07) is 13.4. The van der Waals surface area contributed by atoms with Crippen LogP contribution in [-0.4, -0.2) is 51.3 Å². The number of hydrogen-bond donors (Lipinski definition) is 0. The Bertz CT molecular complexity index is 889. The molecule has 0 fully saturated rings. The molecule has 0 radical (unpaired) electrons. The summed E-state index contributed by atoms with van der Waals surface area (Å²) in [4.78, 5) is 14.3. The van der Waals surface area contributed by atoms with Crippen LogP contribution in [0.4, 0.5) is 0 Å². The van der Waals surface area contributed by atoms with Crippen LogP contribution in [-0.2, 0) is 16.6 Å². The number of amides is 1. The highest BCUT2D eigenvalue weighted by Crippen LogP contribution is 2.17. The number of carbonyl (C=O) groups excluding carboxylic acids is 1. The molecule has 0 bridgehead atoms. The lowest BCUT2D eigenvalue weighted by Crippen LogP contribution is -2.26. The Morgan fingerprint density at radius 3 is 2.15 bits per heavy atom. The molecule has 0 N–H and O–H groups in total. The van der Waals surface area contributed by atoms with E-state index < -0.39 is 10.0 Å². The van der Waals surface area contributed by atoms with E-state index in [9.17, 15) is 13.2 Å². The number of hydrogen-bond acceptors (Lipinski definition) is 4. The van der Waals surface area contributed by atoms with Crippen molar-refractivity contribution < 1.29 is 17.9 Å². The summed E-state index contributed by atoms with van der Waals surface area (Å²) in [5.74, 6) is 0.557. The third-order valence-corrected chi connectivity index (χ3v) is 5.77. The molecule has 0 spiro atoms. The highest BCUT2D eigenvalue weighted by atomic mass is 32.2. The van der Waals surface area contributed by atoms with E-state index in [4.69, 9.17) is 4.74 Å². The van der Waals surface area contributed by atoms with Gasteiger partial charge in [0.25, 0.3) is 5.91 Å². The van der Waals surface area contributed by atoms with Crippen molar-refractivity contribution in [1.29, 1.82) is 0 Å². The molecule has 2 aromatic carbocycles. The Balaban J connectivity index is 2.05. The molecule has 6 nitrogen and oxygen atoms in total. The zero-order valence-electron chi connectivity index (χ0n) is 15.8. The van der Waals surface area contributed by atoms with Crippen molar-refractivity contribution in [2.45, 2.75) is 11.4 Å². The summed E-state index contributed by atoms with van der Waals surface area (Å²) in [5, 5.41) is 0. The number of nitrogens with zero attached hydrogens (tertiary/aromatic N) is 2. The molecule has 0 unspecified atom stereocenters. The molecule has 0 atom stereocenters. The van der Waals surface area contributed by atoms with E-state index in [0.29, 0.717) is 18.7 Å². The molecule has 0 saturated heterocycles. The van der Waals surface area contributed by atoms with Gasteiger partial charge in [0, 0.05) is 33.3 Å². The van der Waals surface area contributed by atoms with Crippen molar-refractivity contribution in [3.63, 3.8) is 0 Å². The maximum atomic E-state index is 12.6. The number of ether oxygens (including phenoxy) is 1. The zero-order valence-corrected chi connectivity index (χ0v) is 16.6. The molecule has 144 valence electrons. The number of carbonyl (C=O) groups is 1. The molecular weight excluding hydrogens is 364 g/mol. The van der Waals surface area contributed by atoms with E-state index in [1.165, 1.54) is 38.4 Å². The van der Waals surface area contributed by atoms with Gasteiger partial charge in [-0.25, -0.2) is 12.7 Å². The van der Waals surface area contributed by atoms with Crippen LogP contribution in [0.5, 0.6) is 5.75 Å². The highest BCUT2D eigenvalue weighted by molar-refractivity contribution is 7.89. The summed E-state index contributed by atoms with van der Waals surface area (Å²) < 4.78 is 30.8. The predicted octanol–water partition coefficient (Wildman–Crippen LogP) is 2.77. The van der Waals surface area contributed by atoms with Gasteiger partial charge >= 0.3 is 0 Å². The van der Waals surface area contributed by atoms with Crippen LogP contribution in [0.2, 0.25) is 0 Å². The van der Waals surface area contributed by atoms with Gasteiger partial charge in [-0.05, 0) is 42.0 Å². The van der Waals surface area contributed by atoms with Crippen LogP contribution >= 0.6 is 0 Å².